The van der Waals surface area contributed by atoms with Gasteiger partial charge in [0.1, 0.15) is 0 Å². The minimum absolute atomic E-state index is 0. The third-order valence-electron chi connectivity index (χ3n) is 5.41. The van der Waals surface area contributed by atoms with Crippen molar-refractivity contribution in [1.29, 1.82) is 0 Å². The van der Waals surface area contributed by atoms with Crippen molar-refractivity contribution in [3.8, 4) is 0 Å². The van der Waals surface area contributed by atoms with Crippen LogP contribution >= 0.6 is 0 Å². The molecule has 0 bridgehead atoms. The maximum absolute atomic E-state index is 4.00. The standard InChI is InChI=1S/C10H15.C10H14.Ti.H/c2*1-6-7(2)9(4)10(5)8(6)3;;/h1-5H3;1H2,2-5H3;;/q;-1;+1;. The first-order chi connectivity index (χ1) is 9.11. The molecule has 0 N–H and O–H groups in total. The molecule has 1 heteroatoms. The summed E-state index contributed by atoms with van der Waals surface area (Å²) in [6.45, 7) is 23.6. The predicted octanol–water partition coefficient (Wildman–Crippen LogP) is 5.49. The number of rotatable bonds is 0. The van der Waals surface area contributed by atoms with Crippen molar-refractivity contribution in [2.75, 3.05) is 0 Å². The van der Waals surface area contributed by atoms with Crippen LogP contribution in [0.4, 0.5) is 0 Å². The molecule has 0 saturated heterocycles. The van der Waals surface area contributed by atoms with E-state index < -0.39 is 0 Å². The van der Waals surface area contributed by atoms with Crippen LogP contribution in [0.5, 0.6) is 0 Å². The summed E-state index contributed by atoms with van der Waals surface area (Å²) in [5.74, 6) is 14.1. The van der Waals surface area contributed by atoms with E-state index in [4.69, 9.17) is 0 Å². The molecule has 0 aromatic heterocycles. The van der Waals surface area contributed by atoms with Gasteiger partial charge in [-0.25, -0.2) is 0 Å². The van der Waals surface area contributed by atoms with Crippen molar-refractivity contribution in [3.05, 3.63) is 66.1 Å². The Bertz CT molecular complexity index is 181. The molecule has 2 saturated carbocycles. The van der Waals surface area contributed by atoms with E-state index in [-0.39, 0.29) is 21.7 Å². The van der Waals surface area contributed by atoms with E-state index in [0.29, 0.717) is 0 Å². The molecule has 114 valence electrons. The van der Waals surface area contributed by atoms with E-state index in [2.05, 4.69) is 69.2 Å². The van der Waals surface area contributed by atoms with Crippen LogP contribution in [0.2, 0.25) is 0 Å². The van der Waals surface area contributed by atoms with Crippen molar-refractivity contribution in [2.45, 2.75) is 62.3 Å². The van der Waals surface area contributed by atoms with Crippen LogP contribution in [-0.2, 0) is 21.7 Å². The Morgan fingerprint density at radius 2 is 0.524 bits per heavy atom. The van der Waals surface area contributed by atoms with Crippen molar-refractivity contribution < 1.29 is 21.7 Å². The fraction of sp³-hybridized carbons (Fsp3) is 0.450. The molecular formula is C20H30Ti. The first-order valence-corrected chi connectivity index (χ1v) is 7.35. The van der Waals surface area contributed by atoms with E-state index in [1.807, 2.05) is 0 Å². The summed E-state index contributed by atoms with van der Waals surface area (Å²) in [5.41, 5.74) is 0. The second-order valence-corrected chi connectivity index (χ2v) is 6.10. The number of hydrogen-bond acceptors (Lipinski definition) is 0. The van der Waals surface area contributed by atoms with E-state index in [0.717, 1.165) is 0 Å². The van der Waals surface area contributed by atoms with Crippen LogP contribution in [0.15, 0.2) is 0 Å². The summed E-state index contributed by atoms with van der Waals surface area (Å²) >= 11 is 0. The van der Waals surface area contributed by atoms with E-state index in [1.54, 1.807) is 0 Å². The van der Waals surface area contributed by atoms with Gasteiger partial charge in [0.2, 0.25) is 0 Å². The SMILES string of the molecule is C[C]1[C](C)[C](C)[C](C)[C]1C.[CH2-][C]1[C](C)[C](C)[C](C)[C]1C.[TiH+]. The van der Waals surface area contributed by atoms with E-state index in [1.165, 1.54) is 59.2 Å². The Kier molecular flexibility index (Phi) is 8.82. The van der Waals surface area contributed by atoms with Crippen LogP contribution in [0.25, 0.3) is 0 Å². The summed E-state index contributed by atoms with van der Waals surface area (Å²) in [6, 6.07) is 0. The molecule has 0 aliphatic heterocycles. The van der Waals surface area contributed by atoms with Gasteiger partial charge in [0, 0.05) is 0 Å². The fourth-order valence-electron chi connectivity index (χ4n) is 2.70. The molecule has 2 aliphatic rings. The van der Waals surface area contributed by atoms with Crippen LogP contribution in [0.3, 0.4) is 0 Å². The van der Waals surface area contributed by atoms with Crippen molar-refractivity contribution in [1.82, 2.24) is 0 Å². The second kappa shape index (κ2) is 8.53. The average Bonchev–Trinajstić information content (AvgIpc) is 2.71. The molecule has 2 aliphatic carbocycles. The summed E-state index contributed by atoms with van der Waals surface area (Å²) in [4.78, 5) is 0. The van der Waals surface area contributed by atoms with Gasteiger partial charge in [-0.3, -0.25) is 0 Å². The topological polar surface area (TPSA) is 0 Å². The number of hydrogen-bond donors (Lipinski definition) is 0. The van der Waals surface area contributed by atoms with Crippen molar-refractivity contribution in [2.24, 2.45) is 0 Å². The Balaban J connectivity index is 0.000000364. The van der Waals surface area contributed by atoms with Crippen LogP contribution < -0.4 is 0 Å². The van der Waals surface area contributed by atoms with Gasteiger partial charge in [-0.15, -0.1) is 0 Å². The van der Waals surface area contributed by atoms with Gasteiger partial charge in [-0.2, -0.15) is 5.92 Å². The maximum atomic E-state index is 4.00. The zero-order valence-electron chi connectivity index (χ0n) is 15.3. The fourth-order valence-corrected chi connectivity index (χ4v) is 2.70. The molecule has 0 spiro atoms. The van der Waals surface area contributed by atoms with Gasteiger partial charge < -0.3 is 6.92 Å². The molecule has 0 unspecified atom stereocenters. The normalized spacial score (nSPS) is 27.1. The van der Waals surface area contributed by atoms with Crippen LogP contribution in [0, 0.1) is 66.1 Å². The van der Waals surface area contributed by atoms with Crippen molar-refractivity contribution >= 4 is 0 Å². The zero-order chi connectivity index (χ0) is 15.8. The molecule has 2 fully saturated rings. The van der Waals surface area contributed by atoms with E-state index in [9.17, 15) is 0 Å². The minimum atomic E-state index is 0. The Hall–Kier alpha value is 0.714. The van der Waals surface area contributed by atoms with Gasteiger partial charge in [0.15, 0.2) is 0 Å². The van der Waals surface area contributed by atoms with Crippen LogP contribution in [0.1, 0.15) is 62.3 Å². The summed E-state index contributed by atoms with van der Waals surface area (Å²) in [7, 11) is 0. The molecule has 21 heavy (non-hydrogen) atoms. The average molecular weight is 318 g/mol. The van der Waals surface area contributed by atoms with E-state index >= 15 is 0 Å². The molecule has 0 aromatic rings. The molecule has 0 atom stereocenters. The van der Waals surface area contributed by atoms with Gasteiger partial charge in [0.05, 0.1) is 0 Å². The Morgan fingerprint density at radius 1 is 0.381 bits per heavy atom. The van der Waals surface area contributed by atoms with Gasteiger partial charge in [-0.05, 0) is 53.3 Å². The molecule has 2 rings (SSSR count). The molecule has 0 amide bonds. The molecular weight excluding hydrogens is 288 g/mol. The Morgan fingerprint density at radius 3 is 0.619 bits per heavy atom. The molecule has 0 heterocycles. The van der Waals surface area contributed by atoms with Crippen molar-refractivity contribution in [3.63, 3.8) is 0 Å². The molecule has 0 aromatic carbocycles. The summed E-state index contributed by atoms with van der Waals surface area (Å²) in [5, 5.41) is 0. The third kappa shape index (κ3) is 4.38. The zero-order valence-corrected chi connectivity index (χ0v) is 17.1. The quantitative estimate of drug-likeness (QED) is 0.409. The summed E-state index contributed by atoms with van der Waals surface area (Å²) in [6.07, 6.45) is 0. The first-order valence-electron chi connectivity index (χ1n) is 7.35. The van der Waals surface area contributed by atoms with Gasteiger partial charge >= 0.3 is 21.7 Å². The molecule has 11 radical (unpaired) electrons. The monoisotopic (exact) mass is 318 g/mol. The summed E-state index contributed by atoms with van der Waals surface area (Å²) < 4.78 is 0. The van der Waals surface area contributed by atoms with Crippen LogP contribution in [-0.4, -0.2) is 0 Å². The first kappa shape index (κ1) is 21.7. The Labute approximate surface area is 150 Å². The third-order valence-corrected chi connectivity index (χ3v) is 5.41. The van der Waals surface area contributed by atoms with Gasteiger partial charge in [-0.1, -0.05) is 62.3 Å². The predicted molar refractivity (Wildman–Crippen MR) is 90.2 cm³/mol. The van der Waals surface area contributed by atoms with Gasteiger partial charge in [0.25, 0.3) is 0 Å². The second-order valence-electron chi connectivity index (χ2n) is 6.10. The molecule has 0 nitrogen and oxygen atoms in total.